The highest BCUT2D eigenvalue weighted by Gasteiger charge is 2.01. The van der Waals surface area contributed by atoms with Crippen molar-refractivity contribution in [3.8, 4) is 0 Å². The van der Waals surface area contributed by atoms with Gasteiger partial charge in [0.25, 0.3) is 5.56 Å². The standard InChI is InChI=1S/C12H12ClN3OS/c13-8-1-3-10(4-2-8)18-7-11-15-9(6-14)5-12(17)16-11/h1-5H,6-7,14H2,(H,15,16,17). The number of rotatable bonds is 4. The van der Waals surface area contributed by atoms with Crippen LogP contribution in [0.2, 0.25) is 5.02 Å². The van der Waals surface area contributed by atoms with Crippen molar-refractivity contribution in [3.63, 3.8) is 0 Å². The van der Waals surface area contributed by atoms with Gasteiger partial charge in [-0.25, -0.2) is 4.98 Å². The highest BCUT2D eigenvalue weighted by atomic mass is 35.5. The fourth-order valence-electron chi connectivity index (χ4n) is 1.42. The van der Waals surface area contributed by atoms with Crippen LogP contribution in [0.3, 0.4) is 0 Å². The van der Waals surface area contributed by atoms with E-state index in [9.17, 15) is 4.79 Å². The minimum absolute atomic E-state index is 0.169. The summed E-state index contributed by atoms with van der Waals surface area (Å²) in [6.45, 7) is 0.266. The van der Waals surface area contributed by atoms with Crippen molar-refractivity contribution in [2.45, 2.75) is 17.2 Å². The highest BCUT2D eigenvalue weighted by Crippen LogP contribution is 2.22. The molecule has 0 amide bonds. The average molecular weight is 282 g/mol. The largest absolute Gasteiger partial charge is 0.325 e. The van der Waals surface area contributed by atoms with Gasteiger partial charge in [0.2, 0.25) is 0 Å². The van der Waals surface area contributed by atoms with Crippen molar-refractivity contribution in [1.29, 1.82) is 0 Å². The van der Waals surface area contributed by atoms with Crippen LogP contribution in [-0.4, -0.2) is 9.97 Å². The molecular formula is C12H12ClN3OS. The summed E-state index contributed by atoms with van der Waals surface area (Å²) in [5, 5.41) is 0.705. The Bertz CT molecular complexity index is 583. The first-order valence-electron chi connectivity index (χ1n) is 5.35. The third-order valence-corrected chi connectivity index (χ3v) is 3.52. The Hall–Kier alpha value is -1.30. The quantitative estimate of drug-likeness (QED) is 0.843. The Morgan fingerprint density at radius 1 is 1.33 bits per heavy atom. The molecule has 0 saturated carbocycles. The predicted molar refractivity (Wildman–Crippen MR) is 73.8 cm³/mol. The lowest BCUT2D eigenvalue weighted by Crippen LogP contribution is -2.14. The Morgan fingerprint density at radius 3 is 2.72 bits per heavy atom. The van der Waals surface area contributed by atoms with Gasteiger partial charge in [-0.3, -0.25) is 4.79 Å². The fraction of sp³-hybridized carbons (Fsp3) is 0.167. The van der Waals surface area contributed by atoms with Crippen molar-refractivity contribution < 1.29 is 0 Å². The van der Waals surface area contributed by atoms with Crippen molar-refractivity contribution in [3.05, 3.63) is 57.2 Å². The smallest absolute Gasteiger partial charge is 0.251 e. The SMILES string of the molecule is NCc1cc(=O)[nH]c(CSc2ccc(Cl)cc2)n1. The molecule has 0 saturated heterocycles. The summed E-state index contributed by atoms with van der Waals surface area (Å²) < 4.78 is 0. The molecule has 6 heteroatoms. The van der Waals surface area contributed by atoms with E-state index in [1.54, 1.807) is 11.8 Å². The molecule has 4 nitrogen and oxygen atoms in total. The number of halogens is 1. The third-order valence-electron chi connectivity index (χ3n) is 2.24. The first-order chi connectivity index (χ1) is 8.67. The molecule has 94 valence electrons. The number of benzene rings is 1. The molecule has 0 aliphatic carbocycles. The first kappa shape index (κ1) is 13.1. The van der Waals surface area contributed by atoms with Crippen LogP contribution in [0, 0.1) is 0 Å². The predicted octanol–water partition coefficient (Wildman–Crippen LogP) is 2.17. The molecule has 1 aromatic heterocycles. The maximum atomic E-state index is 11.3. The second-order valence-corrected chi connectivity index (χ2v) is 5.12. The molecule has 18 heavy (non-hydrogen) atoms. The van der Waals surface area contributed by atoms with E-state index in [1.165, 1.54) is 6.07 Å². The Balaban J connectivity index is 2.08. The van der Waals surface area contributed by atoms with E-state index in [0.29, 0.717) is 22.3 Å². The molecule has 1 heterocycles. The lowest BCUT2D eigenvalue weighted by Gasteiger charge is -2.03. The van der Waals surface area contributed by atoms with Crippen molar-refractivity contribution in [1.82, 2.24) is 9.97 Å². The minimum atomic E-state index is -0.169. The summed E-state index contributed by atoms with van der Waals surface area (Å²) in [6.07, 6.45) is 0. The summed E-state index contributed by atoms with van der Waals surface area (Å²) in [7, 11) is 0. The minimum Gasteiger partial charge on any atom is -0.325 e. The molecule has 0 fully saturated rings. The number of nitrogens with one attached hydrogen (secondary N) is 1. The monoisotopic (exact) mass is 281 g/mol. The average Bonchev–Trinajstić information content (AvgIpc) is 2.37. The molecule has 0 radical (unpaired) electrons. The van der Waals surface area contributed by atoms with Gasteiger partial charge < -0.3 is 10.7 Å². The van der Waals surface area contributed by atoms with Crippen molar-refractivity contribution in [2.75, 3.05) is 0 Å². The second-order valence-electron chi connectivity index (χ2n) is 3.63. The summed E-state index contributed by atoms with van der Waals surface area (Å²) in [5.74, 6) is 1.22. The molecule has 3 N–H and O–H groups in total. The van der Waals surface area contributed by atoms with E-state index in [2.05, 4.69) is 9.97 Å². The third kappa shape index (κ3) is 3.60. The number of hydrogen-bond donors (Lipinski definition) is 2. The zero-order valence-electron chi connectivity index (χ0n) is 9.52. The van der Waals surface area contributed by atoms with Gasteiger partial charge in [-0.15, -0.1) is 11.8 Å². The van der Waals surface area contributed by atoms with Crippen molar-refractivity contribution in [2.24, 2.45) is 5.73 Å². The van der Waals surface area contributed by atoms with Crippen LogP contribution in [0.5, 0.6) is 0 Å². The second kappa shape index (κ2) is 6.04. The molecule has 0 aliphatic rings. The van der Waals surface area contributed by atoms with Crippen LogP contribution in [0.4, 0.5) is 0 Å². The molecule has 0 spiro atoms. The van der Waals surface area contributed by atoms with Gasteiger partial charge in [0, 0.05) is 22.5 Å². The van der Waals surface area contributed by atoms with Crippen LogP contribution in [0.25, 0.3) is 0 Å². The van der Waals surface area contributed by atoms with Crippen molar-refractivity contribution >= 4 is 23.4 Å². The van der Waals surface area contributed by atoms with Crippen LogP contribution in [-0.2, 0) is 12.3 Å². The van der Waals surface area contributed by atoms with E-state index in [-0.39, 0.29) is 12.1 Å². The Labute approximate surface area is 114 Å². The molecule has 0 unspecified atom stereocenters. The summed E-state index contributed by atoms with van der Waals surface area (Å²) in [4.78, 5) is 19.4. The van der Waals surface area contributed by atoms with E-state index in [0.717, 1.165) is 4.90 Å². The maximum absolute atomic E-state index is 11.3. The first-order valence-corrected chi connectivity index (χ1v) is 6.71. The molecule has 2 aromatic rings. The van der Waals surface area contributed by atoms with E-state index in [1.807, 2.05) is 24.3 Å². The number of aromatic amines is 1. The lowest BCUT2D eigenvalue weighted by molar-refractivity contribution is 0.902. The number of nitrogens with zero attached hydrogens (tertiary/aromatic N) is 1. The van der Waals surface area contributed by atoms with Gasteiger partial charge >= 0.3 is 0 Å². The lowest BCUT2D eigenvalue weighted by atomic mass is 10.4. The van der Waals surface area contributed by atoms with Crippen LogP contribution >= 0.6 is 23.4 Å². The van der Waals surface area contributed by atoms with E-state index >= 15 is 0 Å². The topological polar surface area (TPSA) is 71.8 Å². The van der Waals surface area contributed by atoms with Gasteiger partial charge in [-0.2, -0.15) is 0 Å². The highest BCUT2D eigenvalue weighted by molar-refractivity contribution is 7.98. The molecule has 0 atom stereocenters. The molecule has 0 bridgehead atoms. The number of hydrogen-bond acceptors (Lipinski definition) is 4. The number of nitrogens with two attached hydrogens (primary N) is 1. The number of thioether (sulfide) groups is 1. The zero-order valence-corrected chi connectivity index (χ0v) is 11.1. The molecule has 2 rings (SSSR count). The van der Waals surface area contributed by atoms with Crippen LogP contribution in [0.15, 0.2) is 40.0 Å². The molecular weight excluding hydrogens is 270 g/mol. The molecule has 1 aromatic carbocycles. The fourth-order valence-corrected chi connectivity index (χ4v) is 2.31. The van der Waals surface area contributed by atoms with E-state index < -0.39 is 0 Å². The van der Waals surface area contributed by atoms with Gasteiger partial charge in [0.05, 0.1) is 11.4 Å². The van der Waals surface area contributed by atoms with E-state index in [4.69, 9.17) is 17.3 Å². The number of aromatic nitrogens is 2. The zero-order chi connectivity index (χ0) is 13.0. The Kier molecular flexibility index (Phi) is 4.41. The number of H-pyrrole nitrogens is 1. The maximum Gasteiger partial charge on any atom is 0.251 e. The van der Waals surface area contributed by atoms with Gasteiger partial charge in [0.15, 0.2) is 0 Å². The summed E-state index contributed by atoms with van der Waals surface area (Å²) >= 11 is 7.38. The molecule has 0 aliphatic heterocycles. The Morgan fingerprint density at radius 2 is 2.06 bits per heavy atom. The van der Waals surface area contributed by atoms with Gasteiger partial charge in [-0.05, 0) is 24.3 Å². The summed E-state index contributed by atoms with van der Waals surface area (Å²) in [5.41, 5.74) is 5.91. The van der Waals surface area contributed by atoms with Gasteiger partial charge in [-0.1, -0.05) is 11.6 Å². The van der Waals surface area contributed by atoms with Gasteiger partial charge in [0.1, 0.15) is 5.82 Å². The normalized spacial score (nSPS) is 10.6. The summed E-state index contributed by atoms with van der Waals surface area (Å²) in [6, 6.07) is 8.93. The van der Waals surface area contributed by atoms with Crippen LogP contribution < -0.4 is 11.3 Å². The van der Waals surface area contributed by atoms with Crippen LogP contribution in [0.1, 0.15) is 11.5 Å².